The van der Waals surface area contributed by atoms with E-state index in [-0.39, 0.29) is 5.56 Å². The summed E-state index contributed by atoms with van der Waals surface area (Å²) in [5.74, 6) is -1.07. The molecule has 5 nitrogen and oxygen atoms in total. The van der Waals surface area contributed by atoms with Gasteiger partial charge in [-0.25, -0.2) is 0 Å². The molecule has 28 heavy (non-hydrogen) atoms. The van der Waals surface area contributed by atoms with Gasteiger partial charge in [-0.15, -0.1) is 0 Å². The predicted octanol–water partition coefficient (Wildman–Crippen LogP) is 2.98. The van der Waals surface area contributed by atoms with Crippen LogP contribution in [0.4, 0.5) is 13.2 Å². The van der Waals surface area contributed by atoms with Crippen LogP contribution in [0.2, 0.25) is 0 Å². The largest absolute Gasteiger partial charge is 0.416 e. The van der Waals surface area contributed by atoms with Gasteiger partial charge < -0.3 is 15.7 Å². The molecule has 2 rings (SSSR count). The maximum Gasteiger partial charge on any atom is 0.416 e. The first-order valence-corrected chi connectivity index (χ1v) is 8.59. The molecule has 0 aromatic heterocycles. The van der Waals surface area contributed by atoms with Crippen LogP contribution >= 0.6 is 0 Å². The second-order valence-corrected chi connectivity index (χ2v) is 6.41. The quantitative estimate of drug-likeness (QED) is 0.705. The predicted molar refractivity (Wildman–Crippen MR) is 97.5 cm³/mol. The number of halogens is 3. The molecule has 0 saturated carbocycles. The van der Waals surface area contributed by atoms with Crippen molar-refractivity contribution in [2.45, 2.75) is 32.2 Å². The zero-order valence-corrected chi connectivity index (χ0v) is 15.4. The fourth-order valence-corrected chi connectivity index (χ4v) is 2.64. The molecule has 0 spiro atoms. The molecule has 2 aromatic carbocycles. The van der Waals surface area contributed by atoms with Gasteiger partial charge in [-0.2, -0.15) is 13.2 Å². The van der Waals surface area contributed by atoms with Crippen molar-refractivity contribution in [3.63, 3.8) is 0 Å². The number of aryl methyl sites for hydroxylation is 1. The number of aliphatic hydroxyl groups is 1. The summed E-state index contributed by atoms with van der Waals surface area (Å²) in [7, 11) is 0. The zero-order valence-electron chi connectivity index (χ0n) is 15.4. The van der Waals surface area contributed by atoms with Gasteiger partial charge in [-0.05, 0) is 37.6 Å². The Labute approximate surface area is 160 Å². The molecule has 8 heteroatoms. The van der Waals surface area contributed by atoms with Crippen LogP contribution in [-0.2, 0) is 11.0 Å². The van der Waals surface area contributed by atoms with E-state index in [0.717, 1.165) is 17.7 Å². The minimum absolute atomic E-state index is 0.327. The number of amides is 2. The molecule has 2 aromatic rings. The van der Waals surface area contributed by atoms with Crippen LogP contribution in [0, 0.1) is 6.92 Å². The normalized spacial score (nSPS) is 13.5. The van der Waals surface area contributed by atoms with Gasteiger partial charge in [-0.1, -0.05) is 35.9 Å². The maximum atomic E-state index is 13.0. The summed E-state index contributed by atoms with van der Waals surface area (Å²) in [6.07, 6.45) is -6.15. The minimum Gasteiger partial charge on any atom is -0.387 e. The highest BCUT2D eigenvalue weighted by Crippen LogP contribution is 2.34. The number of carbonyl (C=O) groups excluding carboxylic acids is 2. The topological polar surface area (TPSA) is 78.4 Å². The highest BCUT2D eigenvalue weighted by atomic mass is 19.4. The van der Waals surface area contributed by atoms with Gasteiger partial charge in [0.05, 0.1) is 11.7 Å². The molecule has 0 bridgehead atoms. The Morgan fingerprint density at radius 1 is 1.11 bits per heavy atom. The van der Waals surface area contributed by atoms with Gasteiger partial charge >= 0.3 is 6.18 Å². The fraction of sp³-hybridized carbons (Fsp3) is 0.300. The number of aliphatic hydroxyl groups excluding tert-OH is 1. The van der Waals surface area contributed by atoms with Crippen LogP contribution in [0.5, 0.6) is 0 Å². The van der Waals surface area contributed by atoms with E-state index in [1.54, 1.807) is 18.2 Å². The van der Waals surface area contributed by atoms with Crippen LogP contribution in [0.15, 0.2) is 48.5 Å². The summed E-state index contributed by atoms with van der Waals surface area (Å²) in [6, 6.07) is 10.5. The van der Waals surface area contributed by atoms with Crippen molar-refractivity contribution >= 4 is 11.8 Å². The minimum atomic E-state index is -4.61. The van der Waals surface area contributed by atoms with Gasteiger partial charge in [-0.3, -0.25) is 9.59 Å². The first kappa shape index (κ1) is 21.4. The van der Waals surface area contributed by atoms with Crippen LogP contribution in [0.25, 0.3) is 0 Å². The Morgan fingerprint density at radius 2 is 1.79 bits per heavy atom. The highest BCUT2D eigenvalue weighted by Gasteiger charge is 2.34. The molecule has 150 valence electrons. The third-order valence-electron chi connectivity index (χ3n) is 4.12. The van der Waals surface area contributed by atoms with Crippen molar-refractivity contribution in [2.75, 3.05) is 6.54 Å². The molecular weight excluding hydrogens is 373 g/mol. The van der Waals surface area contributed by atoms with E-state index in [1.165, 1.54) is 19.1 Å². The van der Waals surface area contributed by atoms with Crippen molar-refractivity contribution in [2.24, 2.45) is 0 Å². The molecule has 0 aliphatic carbocycles. The van der Waals surface area contributed by atoms with Gasteiger partial charge in [0.15, 0.2) is 0 Å². The van der Waals surface area contributed by atoms with Gasteiger partial charge in [0, 0.05) is 12.1 Å². The van der Waals surface area contributed by atoms with E-state index in [0.29, 0.717) is 5.56 Å². The molecule has 2 amide bonds. The number of benzene rings is 2. The SMILES string of the molecule is Cc1cccc(C(=O)NC(C)C(=O)NCC(O)c2ccccc2C(F)(F)F)c1. The van der Waals surface area contributed by atoms with E-state index >= 15 is 0 Å². The summed E-state index contributed by atoms with van der Waals surface area (Å²) in [4.78, 5) is 24.3. The van der Waals surface area contributed by atoms with Crippen LogP contribution in [0.3, 0.4) is 0 Å². The highest BCUT2D eigenvalue weighted by molar-refractivity contribution is 5.97. The Bertz CT molecular complexity index is 853. The van der Waals surface area contributed by atoms with Gasteiger partial charge in [0.1, 0.15) is 6.04 Å². The molecular formula is C20H21F3N2O3. The zero-order chi connectivity index (χ0) is 20.9. The van der Waals surface area contributed by atoms with E-state index in [4.69, 9.17) is 0 Å². The number of alkyl halides is 3. The van der Waals surface area contributed by atoms with Gasteiger partial charge in [0.25, 0.3) is 5.91 Å². The van der Waals surface area contributed by atoms with Crippen LogP contribution in [-0.4, -0.2) is 29.5 Å². The lowest BCUT2D eigenvalue weighted by Crippen LogP contribution is -2.45. The van der Waals surface area contributed by atoms with Crippen molar-refractivity contribution in [3.8, 4) is 0 Å². The Balaban J connectivity index is 1.95. The van der Waals surface area contributed by atoms with Crippen molar-refractivity contribution in [3.05, 3.63) is 70.8 Å². The average Bonchev–Trinajstić information content (AvgIpc) is 2.65. The van der Waals surface area contributed by atoms with Crippen LogP contribution in [0.1, 0.15) is 40.1 Å². The molecule has 3 N–H and O–H groups in total. The Morgan fingerprint density at radius 3 is 2.43 bits per heavy atom. The summed E-state index contributed by atoms with van der Waals surface area (Å²) in [5, 5.41) is 14.9. The summed E-state index contributed by atoms with van der Waals surface area (Å²) in [6.45, 7) is 2.85. The second-order valence-electron chi connectivity index (χ2n) is 6.41. The van der Waals surface area contributed by atoms with E-state index in [9.17, 15) is 27.9 Å². The van der Waals surface area contributed by atoms with E-state index in [2.05, 4.69) is 10.6 Å². The third-order valence-corrected chi connectivity index (χ3v) is 4.12. The smallest absolute Gasteiger partial charge is 0.387 e. The average molecular weight is 394 g/mol. The first-order chi connectivity index (χ1) is 13.1. The monoisotopic (exact) mass is 394 g/mol. The Hall–Kier alpha value is -2.87. The summed E-state index contributed by atoms with van der Waals surface area (Å²) < 4.78 is 39.1. The summed E-state index contributed by atoms with van der Waals surface area (Å²) >= 11 is 0. The number of hydrogen-bond donors (Lipinski definition) is 3. The first-order valence-electron chi connectivity index (χ1n) is 8.59. The van der Waals surface area contributed by atoms with E-state index in [1.807, 2.05) is 13.0 Å². The van der Waals surface area contributed by atoms with E-state index < -0.39 is 42.2 Å². The number of carbonyl (C=O) groups is 2. The molecule has 2 atom stereocenters. The van der Waals surface area contributed by atoms with Gasteiger partial charge in [0.2, 0.25) is 5.91 Å². The molecule has 0 aliphatic heterocycles. The van der Waals surface area contributed by atoms with Crippen LogP contribution < -0.4 is 10.6 Å². The lowest BCUT2D eigenvalue weighted by molar-refractivity contribution is -0.139. The standard InChI is InChI=1S/C20H21F3N2O3/c1-12-6-5-7-14(10-12)19(28)25-13(2)18(27)24-11-17(26)15-8-3-4-9-16(15)20(21,22)23/h3-10,13,17,26H,11H2,1-2H3,(H,24,27)(H,25,28). The number of nitrogens with one attached hydrogen (secondary N) is 2. The van der Waals surface area contributed by atoms with Crippen molar-refractivity contribution < 1.29 is 27.9 Å². The summed E-state index contributed by atoms with van der Waals surface area (Å²) in [5.41, 5.74) is -0.0145. The molecule has 2 unspecified atom stereocenters. The number of rotatable bonds is 6. The molecule has 0 saturated heterocycles. The second kappa shape index (κ2) is 8.88. The number of hydrogen-bond acceptors (Lipinski definition) is 3. The maximum absolute atomic E-state index is 13.0. The van der Waals surface area contributed by atoms with Crippen molar-refractivity contribution in [1.82, 2.24) is 10.6 Å². The Kier molecular flexibility index (Phi) is 6.80. The molecule has 0 aliphatic rings. The molecule has 0 fully saturated rings. The lowest BCUT2D eigenvalue weighted by atomic mass is 10.0. The van der Waals surface area contributed by atoms with Crippen molar-refractivity contribution in [1.29, 1.82) is 0 Å². The lowest BCUT2D eigenvalue weighted by Gasteiger charge is -2.19. The fourth-order valence-electron chi connectivity index (χ4n) is 2.64. The molecule has 0 heterocycles. The third kappa shape index (κ3) is 5.56. The molecule has 0 radical (unpaired) electrons.